The normalized spacial score (nSPS) is 19.1. The molecule has 4 aromatic rings. The van der Waals surface area contributed by atoms with E-state index in [0.717, 1.165) is 41.6 Å². The molecule has 0 bridgehead atoms. The van der Waals surface area contributed by atoms with Gasteiger partial charge < -0.3 is 14.4 Å². The molecule has 6 heteroatoms. The quantitative estimate of drug-likeness (QED) is 0.544. The molecule has 1 unspecified atom stereocenters. The molecule has 29 heavy (non-hydrogen) atoms. The highest BCUT2D eigenvalue weighted by atomic mass is 16.5. The number of carbonyl (C=O) groups is 1. The third-order valence-corrected chi connectivity index (χ3v) is 6.46. The number of rotatable bonds is 2. The van der Waals surface area contributed by atoms with Crippen molar-refractivity contribution < 1.29 is 9.32 Å². The molecule has 0 radical (unpaired) electrons. The molecule has 1 aliphatic heterocycles. The van der Waals surface area contributed by atoms with E-state index in [9.17, 15) is 4.79 Å². The molecular weight excluding hydrogens is 364 g/mol. The third kappa shape index (κ3) is 2.44. The summed E-state index contributed by atoms with van der Waals surface area (Å²) in [5, 5.41) is 6.08. The van der Waals surface area contributed by atoms with Crippen LogP contribution in [0.3, 0.4) is 0 Å². The number of pyridine rings is 1. The second-order valence-electron chi connectivity index (χ2n) is 8.30. The van der Waals surface area contributed by atoms with Crippen molar-refractivity contribution in [3.05, 3.63) is 58.5 Å². The summed E-state index contributed by atoms with van der Waals surface area (Å²) in [4.78, 5) is 23.8. The molecule has 1 aliphatic carbocycles. The minimum Gasteiger partial charge on any atom is -0.356 e. The van der Waals surface area contributed by atoms with Crippen molar-refractivity contribution in [2.75, 3.05) is 6.54 Å². The second kappa shape index (κ2) is 5.92. The van der Waals surface area contributed by atoms with E-state index in [1.165, 1.54) is 10.9 Å². The van der Waals surface area contributed by atoms with Gasteiger partial charge in [-0.2, -0.15) is 0 Å². The second-order valence-corrected chi connectivity index (χ2v) is 8.30. The van der Waals surface area contributed by atoms with Crippen LogP contribution in [0.2, 0.25) is 0 Å². The van der Waals surface area contributed by atoms with Crippen LogP contribution < -0.4 is 0 Å². The number of hydrogen-bond acceptors (Lipinski definition) is 4. The Morgan fingerprint density at radius 1 is 1.28 bits per heavy atom. The number of para-hydroxylation sites is 1. The Balaban J connectivity index is 1.44. The molecule has 6 rings (SSSR count). The number of aromatic nitrogens is 3. The largest absolute Gasteiger partial charge is 0.356 e. The predicted molar refractivity (Wildman–Crippen MR) is 110 cm³/mol. The fraction of sp³-hybridized carbons (Fsp3) is 0.348. The van der Waals surface area contributed by atoms with Crippen LogP contribution in [-0.2, 0) is 6.42 Å². The zero-order chi connectivity index (χ0) is 19.7. The first-order valence-electron chi connectivity index (χ1n) is 10.3. The number of aromatic amines is 1. The first-order valence-corrected chi connectivity index (χ1v) is 10.3. The van der Waals surface area contributed by atoms with E-state index in [2.05, 4.69) is 40.2 Å². The van der Waals surface area contributed by atoms with Crippen LogP contribution in [0, 0.1) is 6.92 Å². The molecule has 146 valence electrons. The van der Waals surface area contributed by atoms with Crippen molar-refractivity contribution in [2.24, 2.45) is 0 Å². The topological polar surface area (TPSA) is 75.0 Å². The SMILES string of the molecule is Cc1noc2nc(C3CC3)cc(C(=O)N3CCc4c([nH]c5ccccc45)C3C)c12. The number of benzene rings is 1. The summed E-state index contributed by atoms with van der Waals surface area (Å²) in [6.07, 6.45) is 3.09. The lowest BCUT2D eigenvalue weighted by Crippen LogP contribution is -2.39. The lowest BCUT2D eigenvalue weighted by Gasteiger charge is -2.34. The van der Waals surface area contributed by atoms with E-state index in [0.29, 0.717) is 29.4 Å². The maximum absolute atomic E-state index is 13.7. The van der Waals surface area contributed by atoms with E-state index >= 15 is 0 Å². The van der Waals surface area contributed by atoms with Gasteiger partial charge in [-0.25, -0.2) is 4.98 Å². The third-order valence-electron chi connectivity index (χ3n) is 6.46. The zero-order valence-electron chi connectivity index (χ0n) is 16.5. The van der Waals surface area contributed by atoms with Gasteiger partial charge in [-0.15, -0.1) is 0 Å². The average Bonchev–Trinajstić information content (AvgIpc) is 3.42. The van der Waals surface area contributed by atoms with Crippen molar-refractivity contribution in [1.29, 1.82) is 0 Å². The lowest BCUT2D eigenvalue weighted by atomic mass is 9.96. The molecule has 1 atom stereocenters. The summed E-state index contributed by atoms with van der Waals surface area (Å²) in [5.41, 5.74) is 6.42. The smallest absolute Gasteiger partial charge is 0.259 e. The van der Waals surface area contributed by atoms with E-state index in [4.69, 9.17) is 4.52 Å². The van der Waals surface area contributed by atoms with Gasteiger partial charge in [0.2, 0.25) is 0 Å². The van der Waals surface area contributed by atoms with Crippen LogP contribution in [0.15, 0.2) is 34.9 Å². The van der Waals surface area contributed by atoms with E-state index in [1.807, 2.05) is 24.0 Å². The van der Waals surface area contributed by atoms with Gasteiger partial charge in [-0.05, 0) is 50.8 Å². The Kier molecular flexibility index (Phi) is 3.43. The molecule has 1 saturated carbocycles. The summed E-state index contributed by atoms with van der Waals surface area (Å²) >= 11 is 0. The van der Waals surface area contributed by atoms with Gasteiger partial charge >= 0.3 is 0 Å². The number of H-pyrrole nitrogens is 1. The van der Waals surface area contributed by atoms with Crippen LogP contribution in [0.5, 0.6) is 0 Å². The predicted octanol–water partition coefficient (Wildman–Crippen LogP) is 4.65. The Bertz CT molecular complexity index is 1280. The van der Waals surface area contributed by atoms with E-state index < -0.39 is 0 Å². The highest BCUT2D eigenvalue weighted by Crippen LogP contribution is 2.41. The summed E-state index contributed by atoms with van der Waals surface area (Å²) in [5.74, 6) is 0.470. The maximum Gasteiger partial charge on any atom is 0.259 e. The van der Waals surface area contributed by atoms with Gasteiger partial charge in [-0.3, -0.25) is 4.79 Å². The molecule has 0 saturated heterocycles. The molecule has 6 nitrogen and oxygen atoms in total. The lowest BCUT2D eigenvalue weighted by molar-refractivity contribution is 0.0676. The Morgan fingerprint density at radius 2 is 2.10 bits per heavy atom. The Hall–Kier alpha value is -3.15. The van der Waals surface area contributed by atoms with Gasteiger partial charge in [0, 0.05) is 34.8 Å². The molecule has 4 heterocycles. The fourth-order valence-electron chi connectivity index (χ4n) is 4.73. The molecule has 0 spiro atoms. The minimum atomic E-state index is -0.0218. The Labute approximate surface area is 167 Å². The summed E-state index contributed by atoms with van der Waals surface area (Å²) in [7, 11) is 0. The fourth-order valence-corrected chi connectivity index (χ4v) is 4.73. The number of fused-ring (bicyclic) bond motifs is 4. The van der Waals surface area contributed by atoms with Gasteiger partial charge in [0.05, 0.1) is 22.7 Å². The van der Waals surface area contributed by atoms with Gasteiger partial charge in [-0.1, -0.05) is 23.4 Å². The summed E-state index contributed by atoms with van der Waals surface area (Å²) in [6, 6.07) is 10.3. The molecular formula is C23H22N4O2. The monoisotopic (exact) mass is 386 g/mol. The number of nitrogens with zero attached hydrogens (tertiary/aromatic N) is 3. The minimum absolute atomic E-state index is 0.0218. The number of aryl methyl sites for hydroxylation is 1. The first-order chi connectivity index (χ1) is 14.1. The van der Waals surface area contributed by atoms with Crippen molar-refractivity contribution >= 4 is 27.9 Å². The first kappa shape index (κ1) is 16.8. The van der Waals surface area contributed by atoms with Gasteiger partial charge in [0.25, 0.3) is 11.6 Å². The molecule has 1 amide bonds. The molecule has 1 fully saturated rings. The Morgan fingerprint density at radius 3 is 2.93 bits per heavy atom. The number of nitrogens with one attached hydrogen (secondary N) is 1. The van der Waals surface area contributed by atoms with Crippen molar-refractivity contribution in [3.8, 4) is 0 Å². The van der Waals surface area contributed by atoms with Crippen molar-refractivity contribution in [1.82, 2.24) is 20.0 Å². The molecule has 1 N–H and O–H groups in total. The van der Waals surface area contributed by atoms with Crippen LogP contribution in [0.25, 0.3) is 22.0 Å². The standard InChI is InChI=1S/C23H22N4O2/c1-12-20-17(11-19(14-7-8-14)25-22(20)29-26-12)23(28)27-10-9-16-15-5-3-4-6-18(15)24-21(16)13(27)2/h3-6,11,13-14,24H,7-10H2,1-2H3. The highest BCUT2D eigenvalue weighted by molar-refractivity contribution is 6.06. The van der Waals surface area contributed by atoms with Crippen LogP contribution in [-0.4, -0.2) is 32.5 Å². The zero-order valence-corrected chi connectivity index (χ0v) is 16.5. The van der Waals surface area contributed by atoms with Gasteiger partial charge in [0.1, 0.15) is 0 Å². The number of hydrogen-bond donors (Lipinski definition) is 1. The van der Waals surface area contributed by atoms with Crippen LogP contribution in [0.1, 0.15) is 64.7 Å². The summed E-state index contributed by atoms with van der Waals surface area (Å²) < 4.78 is 5.43. The molecule has 3 aromatic heterocycles. The number of carbonyl (C=O) groups excluding carboxylic acids is 1. The average molecular weight is 386 g/mol. The summed E-state index contributed by atoms with van der Waals surface area (Å²) in [6.45, 7) is 4.67. The van der Waals surface area contributed by atoms with Crippen molar-refractivity contribution in [2.45, 2.75) is 45.1 Å². The van der Waals surface area contributed by atoms with Gasteiger partial charge in [0.15, 0.2) is 0 Å². The number of amides is 1. The van der Waals surface area contributed by atoms with Crippen LogP contribution in [0.4, 0.5) is 0 Å². The maximum atomic E-state index is 13.7. The molecule has 2 aliphatic rings. The molecule has 1 aromatic carbocycles. The van der Waals surface area contributed by atoms with E-state index in [-0.39, 0.29) is 11.9 Å². The van der Waals surface area contributed by atoms with Crippen molar-refractivity contribution in [3.63, 3.8) is 0 Å². The van der Waals surface area contributed by atoms with E-state index in [1.54, 1.807) is 0 Å². The highest BCUT2D eigenvalue weighted by Gasteiger charge is 2.34. The van der Waals surface area contributed by atoms with Crippen LogP contribution >= 0.6 is 0 Å².